The molecule has 5 amide bonds. The topological polar surface area (TPSA) is 116 Å². The summed E-state index contributed by atoms with van der Waals surface area (Å²) in [5.74, 6) is -1.99. The van der Waals surface area contributed by atoms with Crippen LogP contribution in [0.25, 0.3) is 0 Å². The van der Waals surface area contributed by atoms with Crippen molar-refractivity contribution in [3.8, 4) is 0 Å². The zero-order valence-corrected chi connectivity index (χ0v) is 19.6. The molecule has 1 aromatic carbocycles. The predicted molar refractivity (Wildman–Crippen MR) is 119 cm³/mol. The zero-order valence-electron chi connectivity index (χ0n) is 19.6. The maximum absolute atomic E-state index is 13.2. The smallest absolute Gasteiger partial charge is 0.410 e. The fourth-order valence-electron chi connectivity index (χ4n) is 5.39. The molecule has 180 valence electrons. The van der Waals surface area contributed by atoms with Crippen molar-refractivity contribution in [3.63, 3.8) is 0 Å². The number of rotatable bonds is 3. The number of carbonyl (C=O) groups excluding carboxylic acids is 5. The van der Waals surface area contributed by atoms with Gasteiger partial charge < -0.3 is 9.64 Å². The van der Waals surface area contributed by atoms with Crippen LogP contribution in [0.2, 0.25) is 0 Å². The Kier molecular flexibility index (Phi) is 5.05. The van der Waals surface area contributed by atoms with Crippen molar-refractivity contribution in [3.05, 3.63) is 34.9 Å². The van der Waals surface area contributed by atoms with Gasteiger partial charge in [-0.25, -0.2) is 4.79 Å². The molecule has 3 fully saturated rings. The average Bonchev–Trinajstić information content (AvgIpc) is 2.93. The number of hydrogen-bond donors (Lipinski definition) is 1. The van der Waals surface area contributed by atoms with Crippen molar-refractivity contribution in [2.75, 3.05) is 26.2 Å². The largest absolute Gasteiger partial charge is 0.444 e. The third kappa shape index (κ3) is 3.75. The normalized spacial score (nSPS) is 24.0. The lowest BCUT2D eigenvalue weighted by Gasteiger charge is -2.60. The first-order valence-electron chi connectivity index (χ1n) is 11.5. The molecule has 34 heavy (non-hydrogen) atoms. The highest BCUT2D eigenvalue weighted by Gasteiger charge is 2.54. The van der Waals surface area contributed by atoms with Crippen molar-refractivity contribution in [1.29, 1.82) is 0 Å². The van der Waals surface area contributed by atoms with Crippen molar-refractivity contribution in [2.45, 2.75) is 51.8 Å². The van der Waals surface area contributed by atoms with Gasteiger partial charge in [-0.15, -0.1) is 0 Å². The highest BCUT2D eigenvalue weighted by atomic mass is 16.6. The van der Waals surface area contributed by atoms with Gasteiger partial charge in [-0.1, -0.05) is 12.1 Å². The molecule has 4 aliphatic rings. The monoisotopic (exact) mass is 468 g/mol. The van der Waals surface area contributed by atoms with Crippen LogP contribution < -0.4 is 5.32 Å². The van der Waals surface area contributed by atoms with Crippen LogP contribution in [0.3, 0.4) is 0 Å². The van der Waals surface area contributed by atoms with Gasteiger partial charge in [-0.05, 0) is 38.8 Å². The minimum absolute atomic E-state index is 0.0491. The summed E-state index contributed by atoms with van der Waals surface area (Å²) in [4.78, 5) is 67.1. The van der Waals surface area contributed by atoms with Gasteiger partial charge in [0, 0.05) is 44.6 Å². The number of fused-ring (bicyclic) bond motifs is 1. The van der Waals surface area contributed by atoms with E-state index in [1.807, 2.05) is 26.8 Å². The molecule has 1 atom stereocenters. The number of nitrogens with one attached hydrogen (secondary N) is 1. The quantitative estimate of drug-likeness (QED) is 0.662. The second kappa shape index (κ2) is 7.63. The number of amides is 5. The molecule has 1 unspecified atom stereocenters. The summed E-state index contributed by atoms with van der Waals surface area (Å²) in [6.07, 6.45) is -0.0729. The first-order valence-corrected chi connectivity index (χ1v) is 11.5. The van der Waals surface area contributed by atoms with E-state index in [1.54, 1.807) is 17.0 Å². The van der Waals surface area contributed by atoms with Crippen LogP contribution in [0.1, 0.15) is 59.9 Å². The number of carbonyl (C=O) groups is 5. The molecule has 4 aliphatic heterocycles. The van der Waals surface area contributed by atoms with Gasteiger partial charge in [0.05, 0.1) is 11.1 Å². The maximum Gasteiger partial charge on any atom is 0.410 e. The highest BCUT2D eigenvalue weighted by Crippen LogP contribution is 2.41. The molecule has 10 heteroatoms. The Hall–Kier alpha value is -3.27. The minimum Gasteiger partial charge on any atom is -0.444 e. The van der Waals surface area contributed by atoms with E-state index >= 15 is 0 Å². The fourth-order valence-corrected chi connectivity index (χ4v) is 5.39. The summed E-state index contributed by atoms with van der Waals surface area (Å²) in [7, 11) is 0. The second-order valence-electron chi connectivity index (χ2n) is 10.8. The van der Waals surface area contributed by atoms with Gasteiger partial charge in [-0.3, -0.25) is 34.3 Å². The van der Waals surface area contributed by atoms with Crippen molar-refractivity contribution in [2.24, 2.45) is 5.41 Å². The summed E-state index contributed by atoms with van der Waals surface area (Å²) in [6.45, 7) is 8.90. The number of piperidine rings is 1. The SMILES string of the molecule is CC(C)(C)OC(=O)N1CC2(CN(Cc3cccc4c3C(=O)N(C3CCC(=O)NC3=O)C4=O)C2)C1. The molecule has 0 bridgehead atoms. The lowest BCUT2D eigenvalue weighted by Crippen LogP contribution is -2.72. The number of imide groups is 2. The molecule has 10 nitrogen and oxygen atoms in total. The third-order valence-electron chi connectivity index (χ3n) is 6.77. The van der Waals surface area contributed by atoms with Crippen LogP contribution in [0.4, 0.5) is 4.79 Å². The van der Waals surface area contributed by atoms with Gasteiger partial charge in [0.1, 0.15) is 11.6 Å². The Labute approximate surface area is 197 Å². The Morgan fingerprint density at radius 1 is 1.09 bits per heavy atom. The van der Waals surface area contributed by atoms with E-state index in [0.717, 1.165) is 23.6 Å². The molecular weight excluding hydrogens is 440 g/mol. The molecule has 1 spiro atoms. The van der Waals surface area contributed by atoms with Crippen LogP contribution in [-0.2, 0) is 20.9 Å². The molecule has 5 rings (SSSR count). The standard InChI is InChI=1S/C24H28N4O6/c1-23(2,3)34-22(33)27-12-24(13-27)10-26(11-24)9-14-5-4-6-15-18(14)21(32)28(20(15)31)16-7-8-17(29)25-19(16)30/h4-6,16H,7-13H2,1-3H3,(H,25,29,30). The van der Waals surface area contributed by atoms with Gasteiger partial charge >= 0.3 is 6.09 Å². The molecule has 0 saturated carbocycles. The summed E-state index contributed by atoms with van der Waals surface area (Å²) in [5.41, 5.74) is 0.895. The highest BCUT2D eigenvalue weighted by molar-refractivity contribution is 6.24. The van der Waals surface area contributed by atoms with E-state index in [0.29, 0.717) is 30.8 Å². The van der Waals surface area contributed by atoms with E-state index in [-0.39, 0.29) is 24.3 Å². The van der Waals surface area contributed by atoms with Gasteiger partial charge in [0.15, 0.2) is 0 Å². The van der Waals surface area contributed by atoms with E-state index in [9.17, 15) is 24.0 Å². The first kappa shape index (κ1) is 22.5. The second-order valence-corrected chi connectivity index (χ2v) is 10.8. The number of nitrogens with zero attached hydrogens (tertiary/aromatic N) is 3. The zero-order chi connectivity index (χ0) is 24.4. The Morgan fingerprint density at radius 3 is 2.44 bits per heavy atom. The maximum atomic E-state index is 13.2. The lowest BCUT2D eigenvalue weighted by atomic mass is 9.73. The molecule has 4 heterocycles. The molecule has 0 radical (unpaired) electrons. The van der Waals surface area contributed by atoms with Crippen LogP contribution in [0.5, 0.6) is 0 Å². The average molecular weight is 469 g/mol. The Balaban J connectivity index is 1.23. The van der Waals surface area contributed by atoms with Crippen LogP contribution in [0.15, 0.2) is 18.2 Å². The summed E-state index contributed by atoms with van der Waals surface area (Å²) in [6, 6.07) is 4.21. The van der Waals surface area contributed by atoms with E-state index in [4.69, 9.17) is 4.74 Å². The van der Waals surface area contributed by atoms with Crippen molar-refractivity contribution >= 4 is 29.7 Å². The van der Waals surface area contributed by atoms with E-state index < -0.39 is 35.3 Å². The minimum atomic E-state index is -0.973. The summed E-state index contributed by atoms with van der Waals surface area (Å²) >= 11 is 0. The van der Waals surface area contributed by atoms with E-state index in [2.05, 4.69) is 10.2 Å². The van der Waals surface area contributed by atoms with Gasteiger partial charge in [0.25, 0.3) is 11.8 Å². The molecular formula is C24H28N4O6. The third-order valence-corrected chi connectivity index (χ3v) is 6.77. The molecule has 3 saturated heterocycles. The first-order chi connectivity index (χ1) is 16.0. The number of ether oxygens (including phenoxy) is 1. The van der Waals surface area contributed by atoms with Crippen LogP contribution in [-0.4, -0.2) is 82.2 Å². The Bertz CT molecular complexity index is 1110. The van der Waals surface area contributed by atoms with Crippen LogP contribution >= 0.6 is 0 Å². The lowest BCUT2D eigenvalue weighted by molar-refractivity contribution is -0.136. The van der Waals surface area contributed by atoms with E-state index in [1.165, 1.54) is 0 Å². The summed E-state index contributed by atoms with van der Waals surface area (Å²) < 4.78 is 5.42. The number of hydrogen-bond acceptors (Lipinski definition) is 7. The Morgan fingerprint density at radius 2 is 1.79 bits per heavy atom. The van der Waals surface area contributed by atoms with Crippen LogP contribution in [0, 0.1) is 5.41 Å². The number of benzene rings is 1. The van der Waals surface area contributed by atoms with Crippen molar-refractivity contribution in [1.82, 2.24) is 20.0 Å². The summed E-state index contributed by atoms with van der Waals surface area (Å²) in [5, 5.41) is 2.22. The number of likely N-dealkylation sites (tertiary alicyclic amines) is 2. The molecule has 1 N–H and O–H groups in total. The van der Waals surface area contributed by atoms with Crippen molar-refractivity contribution < 1.29 is 28.7 Å². The van der Waals surface area contributed by atoms with Gasteiger partial charge in [0.2, 0.25) is 11.8 Å². The molecule has 1 aromatic rings. The van der Waals surface area contributed by atoms with Gasteiger partial charge in [-0.2, -0.15) is 0 Å². The predicted octanol–water partition coefficient (Wildman–Crippen LogP) is 1.14. The molecule has 0 aromatic heterocycles. The molecule has 0 aliphatic carbocycles. The fraction of sp³-hybridized carbons (Fsp3) is 0.542.